The van der Waals surface area contributed by atoms with Gasteiger partial charge in [0.1, 0.15) is 12.4 Å². The number of hydrogen-bond acceptors (Lipinski definition) is 4. The van der Waals surface area contributed by atoms with Gasteiger partial charge in [0.05, 0.1) is 0 Å². The van der Waals surface area contributed by atoms with Crippen molar-refractivity contribution in [3.63, 3.8) is 0 Å². The molecule has 6 nitrogen and oxygen atoms in total. The number of benzene rings is 1. The third kappa shape index (κ3) is 10.5. The molecule has 0 spiro atoms. The van der Waals surface area contributed by atoms with E-state index in [2.05, 4.69) is 46.6 Å². The third-order valence-corrected chi connectivity index (χ3v) is 5.18. The number of likely N-dealkylation sites (N-methyl/N-ethyl adjacent to an activating group) is 1. The molecule has 0 amide bonds. The van der Waals surface area contributed by atoms with Crippen LogP contribution in [0, 0.1) is 0 Å². The van der Waals surface area contributed by atoms with Gasteiger partial charge in [0.15, 0.2) is 5.96 Å². The first-order chi connectivity index (χ1) is 13.7. The summed E-state index contributed by atoms with van der Waals surface area (Å²) in [6.07, 6.45) is 5.87. The van der Waals surface area contributed by atoms with Crippen molar-refractivity contribution >= 4 is 29.9 Å². The number of nitrogens with zero attached hydrogens (tertiary/aromatic N) is 2. The number of guanidine groups is 1. The number of hydrogen-bond donors (Lipinski definition) is 2. The molecule has 0 atom stereocenters. The molecule has 0 radical (unpaired) electrons. The highest BCUT2D eigenvalue weighted by Crippen LogP contribution is 2.15. The fourth-order valence-corrected chi connectivity index (χ4v) is 3.35. The molecule has 7 heteroatoms. The van der Waals surface area contributed by atoms with Crippen molar-refractivity contribution in [2.75, 3.05) is 47.0 Å². The summed E-state index contributed by atoms with van der Waals surface area (Å²) in [6, 6.07) is 8.90. The Hall–Kier alpha value is -1.06. The van der Waals surface area contributed by atoms with Gasteiger partial charge in [-0.1, -0.05) is 31.9 Å². The van der Waals surface area contributed by atoms with Crippen LogP contribution < -0.4 is 15.4 Å². The first-order valence-electron chi connectivity index (χ1n) is 10.7. The minimum Gasteiger partial charge on any atom is -0.492 e. The Morgan fingerprint density at radius 2 is 2.03 bits per heavy atom. The van der Waals surface area contributed by atoms with Gasteiger partial charge in [-0.3, -0.25) is 9.89 Å². The van der Waals surface area contributed by atoms with Crippen molar-refractivity contribution in [3.05, 3.63) is 29.8 Å². The molecule has 1 heterocycles. The predicted molar refractivity (Wildman–Crippen MR) is 132 cm³/mol. The van der Waals surface area contributed by atoms with Gasteiger partial charge in [0.2, 0.25) is 0 Å². The molecule has 1 fully saturated rings. The predicted octanol–water partition coefficient (Wildman–Crippen LogP) is 3.65. The molecule has 0 unspecified atom stereocenters. The molecule has 0 aliphatic carbocycles. The molecule has 166 valence electrons. The molecule has 0 bridgehead atoms. The van der Waals surface area contributed by atoms with Crippen molar-refractivity contribution in [2.24, 2.45) is 4.99 Å². The van der Waals surface area contributed by atoms with E-state index in [0.29, 0.717) is 12.6 Å². The van der Waals surface area contributed by atoms with Crippen LogP contribution in [-0.4, -0.2) is 63.9 Å². The van der Waals surface area contributed by atoms with E-state index < -0.39 is 0 Å². The van der Waals surface area contributed by atoms with Crippen LogP contribution in [0.4, 0.5) is 0 Å². The zero-order chi connectivity index (χ0) is 20.0. The Kier molecular flexibility index (Phi) is 14.1. The van der Waals surface area contributed by atoms with Crippen molar-refractivity contribution in [2.45, 2.75) is 51.6 Å². The van der Waals surface area contributed by atoms with E-state index in [4.69, 9.17) is 9.47 Å². The lowest BCUT2D eigenvalue weighted by atomic mass is 10.1. The smallest absolute Gasteiger partial charge is 0.191 e. The molecule has 0 aromatic heterocycles. The summed E-state index contributed by atoms with van der Waals surface area (Å²) in [5.74, 6) is 1.77. The van der Waals surface area contributed by atoms with Gasteiger partial charge in [-0.15, -0.1) is 24.0 Å². The largest absolute Gasteiger partial charge is 0.492 e. The minimum absolute atomic E-state index is 0. The topological polar surface area (TPSA) is 58.1 Å². The molecule has 1 aromatic rings. The Morgan fingerprint density at radius 1 is 1.24 bits per heavy atom. The Bertz CT molecular complexity index is 580. The van der Waals surface area contributed by atoms with Gasteiger partial charge in [-0.25, -0.2) is 0 Å². The Labute approximate surface area is 193 Å². The lowest BCUT2D eigenvalue weighted by Gasteiger charge is -2.31. The first-order valence-corrected chi connectivity index (χ1v) is 10.7. The van der Waals surface area contributed by atoms with Crippen molar-refractivity contribution in [1.82, 2.24) is 15.5 Å². The molecular formula is C22H39IN4O2. The van der Waals surface area contributed by atoms with Crippen molar-refractivity contribution in [1.29, 1.82) is 0 Å². The van der Waals surface area contributed by atoms with E-state index in [1.165, 1.54) is 24.8 Å². The van der Waals surface area contributed by atoms with Crippen LogP contribution in [0.3, 0.4) is 0 Å². The van der Waals surface area contributed by atoms with Gasteiger partial charge in [0.25, 0.3) is 0 Å². The Morgan fingerprint density at radius 3 is 2.76 bits per heavy atom. The molecule has 1 aliphatic rings. The highest BCUT2D eigenvalue weighted by atomic mass is 127. The SMILES string of the molecule is CCCCCNC(=NC)NCc1cccc(OCCN(C)C2CCOCC2)c1.I. The maximum absolute atomic E-state index is 5.99. The van der Waals surface area contributed by atoms with E-state index >= 15 is 0 Å². The second-order valence-electron chi connectivity index (χ2n) is 7.38. The maximum Gasteiger partial charge on any atom is 0.191 e. The van der Waals surface area contributed by atoms with Crippen LogP contribution in [0.1, 0.15) is 44.6 Å². The highest BCUT2D eigenvalue weighted by Gasteiger charge is 2.17. The summed E-state index contributed by atoms with van der Waals surface area (Å²) in [4.78, 5) is 6.68. The zero-order valence-corrected chi connectivity index (χ0v) is 20.6. The van der Waals surface area contributed by atoms with Crippen LogP contribution in [0.15, 0.2) is 29.3 Å². The van der Waals surface area contributed by atoms with Crippen LogP contribution in [-0.2, 0) is 11.3 Å². The lowest BCUT2D eigenvalue weighted by molar-refractivity contribution is 0.0392. The normalized spacial score (nSPS) is 15.1. The van der Waals surface area contributed by atoms with Crippen LogP contribution >= 0.6 is 24.0 Å². The average molecular weight is 518 g/mol. The standard InChI is InChI=1S/C22H38N4O2.HI/c1-4-5-6-12-24-22(23-2)25-18-19-8-7-9-21(17-19)28-16-13-26(3)20-10-14-27-15-11-20;/h7-9,17,20H,4-6,10-16,18H2,1-3H3,(H2,23,24,25);1H. The second-order valence-corrected chi connectivity index (χ2v) is 7.38. The summed E-state index contributed by atoms with van der Waals surface area (Å²) in [5.41, 5.74) is 1.19. The number of ether oxygens (including phenoxy) is 2. The molecular weight excluding hydrogens is 479 g/mol. The van der Waals surface area contributed by atoms with Crippen LogP contribution in [0.25, 0.3) is 0 Å². The van der Waals surface area contributed by atoms with E-state index in [9.17, 15) is 0 Å². The molecule has 2 N–H and O–H groups in total. The van der Waals surface area contributed by atoms with Gasteiger partial charge in [-0.2, -0.15) is 0 Å². The summed E-state index contributed by atoms with van der Waals surface area (Å²) < 4.78 is 11.4. The number of halogens is 1. The second kappa shape index (κ2) is 15.7. The fraction of sp³-hybridized carbons (Fsp3) is 0.682. The number of rotatable bonds is 11. The molecule has 29 heavy (non-hydrogen) atoms. The molecule has 2 rings (SSSR count). The monoisotopic (exact) mass is 518 g/mol. The van der Waals surface area contributed by atoms with Gasteiger partial charge in [0, 0.05) is 45.9 Å². The molecule has 1 aliphatic heterocycles. The lowest BCUT2D eigenvalue weighted by Crippen LogP contribution is -2.38. The van der Waals surface area contributed by atoms with E-state index in [1.807, 2.05) is 19.2 Å². The number of unbranched alkanes of at least 4 members (excludes halogenated alkanes) is 2. The highest BCUT2D eigenvalue weighted by molar-refractivity contribution is 14.0. The fourth-order valence-electron chi connectivity index (χ4n) is 3.35. The summed E-state index contributed by atoms with van der Waals surface area (Å²) in [7, 11) is 3.99. The first kappa shape index (κ1) is 26.0. The van der Waals surface area contributed by atoms with Gasteiger partial charge >= 0.3 is 0 Å². The molecule has 1 saturated heterocycles. The zero-order valence-electron chi connectivity index (χ0n) is 18.3. The molecule has 1 aromatic carbocycles. The summed E-state index contributed by atoms with van der Waals surface area (Å²) in [6.45, 7) is 7.28. The average Bonchev–Trinajstić information content (AvgIpc) is 2.74. The minimum atomic E-state index is 0. The number of nitrogens with one attached hydrogen (secondary N) is 2. The van der Waals surface area contributed by atoms with Crippen LogP contribution in [0.2, 0.25) is 0 Å². The van der Waals surface area contributed by atoms with Crippen molar-refractivity contribution < 1.29 is 9.47 Å². The maximum atomic E-state index is 5.99. The van der Waals surface area contributed by atoms with Crippen molar-refractivity contribution in [3.8, 4) is 5.75 Å². The summed E-state index contributed by atoms with van der Waals surface area (Å²) in [5, 5.41) is 6.73. The third-order valence-electron chi connectivity index (χ3n) is 5.18. The Balaban J connectivity index is 0.00000420. The number of aliphatic imine (C=N–C) groups is 1. The van der Waals surface area contributed by atoms with E-state index in [0.717, 1.165) is 57.4 Å². The van der Waals surface area contributed by atoms with E-state index in [1.54, 1.807) is 0 Å². The van der Waals surface area contributed by atoms with E-state index in [-0.39, 0.29) is 24.0 Å². The summed E-state index contributed by atoms with van der Waals surface area (Å²) >= 11 is 0. The van der Waals surface area contributed by atoms with Crippen LogP contribution in [0.5, 0.6) is 5.75 Å². The molecule has 0 saturated carbocycles. The quantitative estimate of drug-likeness (QED) is 0.203. The van der Waals surface area contributed by atoms with Gasteiger partial charge in [-0.05, 0) is 44.0 Å². The van der Waals surface area contributed by atoms with Gasteiger partial charge < -0.3 is 20.1 Å².